The van der Waals surface area contributed by atoms with E-state index in [0.29, 0.717) is 42.6 Å². The summed E-state index contributed by atoms with van der Waals surface area (Å²) in [6.07, 6.45) is 4.33. The second-order valence-corrected chi connectivity index (χ2v) is 7.44. The first-order valence-electron chi connectivity index (χ1n) is 9.84. The Kier molecular flexibility index (Phi) is 5.59. The highest BCUT2D eigenvalue weighted by Crippen LogP contribution is 2.38. The van der Waals surface area contributed by atoms with Crippen molar-refractivity contribution in [3.05, 3.63) is 36.3 Å². The number of carbonyl (C=O) groups is 1. The summed E-state index contributed by atoms with van der Waals surface area (Å²) in [5.41, 5.74) is 2.42. The van der Waals surface area contributed by atoms with Crippen molar-refractivity contribution in [1.82, 2.24) is 14.5 Å². The second kappa shape index (κ2) is 8.34. The molecule has 1 amide bonds. The van der Waals surface area contributed by atoms with Gasteiger partial charge in [0.15, 0.2) is 6.61 Å². The van der Waals surface area contributed by atoms with Gasteiger partial charge in [-0.3, -0.25) is 4.79 Å². The third-order valence-corrected chi connectivity index (χ3v) is 5.40. The van der Waals surface area contributed by atoms with E-state index in [1.807, 2.05) is 29.9 Å². The molecular weight excluding hydrogens is 398 g/mol. The number of hydrogen-bond donors (Lipinski definition) is 1. The molecule has 3 aromatic heterocycles. The van der Waals surface area contributed by atoms with Crippen LogP contribution in [0.3, 0.4) is 0 Å². The van der Waals surface area contributed by atoms with Crippen LogP contribution in [0.15, 0.2) is 30.6 Å². The van der Waals surface area contributed by atoms with Gasteiger partial charge >= 0.3 is 0 Å². The Morgan fingerprint density at radius 1 is 1.42 bits per heavy atom. The van der Waals surface area contributed by atoms with E-state index in [1.165, 1.54) is 6.92 Å². The number of aryl methyl sites for hydroxylation is 1. The maximum absolute atomic E-state index is 11.5. The van der Waals surface area contributed by atoms with Gasteiger partial charge in [0.1, 0.15) is 23.2 Å². The van der Waals surface area contributed by atoms with Crippen molar-refractivity contribution in [3.63, 3.8) is 0 Å². The summed E-state index contributed by atoms with van der Waals surface area (Å²) in [5.74, 6) is 0.792. The molecule has 9 heteroatoms. The Labute approximate surface area is 179 Å². The molecule has 9 nitrogen and oxygen atoms in total. The number of methoxy groups -OCH3 is 1. The fourth-order valence-corrected chi connectivity index (χ4v) is 3.82. The molecule has 1 atom stereocenters. The monoisotopic (exact) mass is 421 g/mol. The van der Waals surface area contributed by atoms with E-state index in [1.54, 1.807) is 25.4 Å². The van der Waals surface area contributed by atoms with Crippen LogP contribution in [0.25, 0.3) is 22.2 Å². The Balaban J connectivity index is 1.88. The van der Waals surface area contributed by atoms with Crippen molar-refractivity contribution in [1.29, 1.82) is 5.26 Å². The van der Waals surface area contributed by atoms with Gasteiger partial charge in [0, 0.05) is 63.4 Å². The maximum atomic E-state index is 11.5. The van der Waals surface area contributed by atoms with E-state index in [-0.39, 0.29) is 12.5 Å². The summed E-state index contributed by atoms with van der Waals surface area (Å²) in [7, 11) is 3.56. The van der Waals surface area contributed by atoms with Crippen LogP contribution in [0.1, 0.15) is 19.0 Å². The van der Waals surface area contributed by atoms with Gasteiger partial charge in [-0.2, -0.15) is 5.26 Å². The van der Waals surface area contributed by atoms with E-state index in [0.717, 1.165) is 16.5 Å². The number of anilines is 1. The van der Waals surface area contributed by atoms with Crippen LogP contribution in [-0.4, -0.2) is 47.4 Å². The van der Waals surface area contributed by atoms with Gasteiger partial charge in [0.25, 0.3) is 0 Å². The van der Waals surface area contributed by atoms with Gasteiger partial charge in [-0.15, -0.1) is 0 Å². The molecule has 0 spiro atoms. The van der Waals surface area contributed by atoms with Crippen LogP contribution >= 0.6 is 0 Å². The molecule has 0 saturated carbocycles. The third-order valence-electron chi connectivity index (χ3n) is 5.40. The van der Waals surface area contributed by atoms with E-state index >= 15 is 0 Å². The molecule has 1 aliphatic heterocycles. The van der Waals surface area contributed by atoms with Crippen molar-refractivity contribution < 1.29 is 19.0 Å². The molecule has 3 aromatic rings. The second-order valence-electron chi connectivity index (χ2n) is 7.44. The molecule has 4 heterocycles. The predicted molar refractivity (Wildman–Crippen MR) is 113 cm³/mol. The zero-order valence-electron chi connectivity index (χ0n) is 17.6. The number of nitrogens with one attached hydrogen (secondary N) is 1. The van der Waals surface area contributed by atoms with E-state index in [2.05, 4.69) is 10.3 Å². The lowest BCUT2D eigenvalue weighted by molar-refractivity contribution is -0.114. The number of aromatic nitrogens is 3. The summed E-state index contributed by atoms with van der Waals surface area (Å²) in [6, 6.07) is 7.42. The van der Waals surface area contributed by atoms with Crippen LogP contribution in [0.5, 0.6) is 5.75 Å². The van der Waals surface area contributed by atoms with E-state index < -0.39 is 5.60 Å². The zero-order valence-corrected chi connectivity index (χ0v) is 17.6. The SMILES string of the molecule is COC1(c2cc(OCC#N)cc(-c3cn(C)c4cnc(NC(C)=O)cc34)n2)CCOC1. The van der Waals surface area contributed by atoms with E-state index in [4.69, 9.17) is 24.5 Å². The van der Waals surface area contributed by atoms with Crippen molar-refractivity contribution in [3.8, 4) is 23.1 Å². The van der Waals surface area contributed by atoms with Crippen molar-refractivity contribution in [2.45, 2.75) is 18.9 Å². The maximum Gasteiger partial charge on any atom is 0.222 e. The van der Waals surface area contributed by atoms with Gasteiger partial charge < -0.3 is 24.1 Å². The van der Waals surface area contributed by atoms with Gasteiger partial charge in [0.05, 0.1) is 29.7 Å². The summed E-state index contributed by atoms with van der Waals surface area (Å²) in [6.45, 7) is 2.33. The summed E-state index contributed by atoms with van der Waals surface area (Å²) in [5, 5.41) is 12.6. The number of rotatable bonds is 6. The van der Waals surface area contributed by atoms with Gasteiger partial charge in [-0.1, -0.05) is 0 Å². The average molecular weight is 421 g/mol. The molecular formula is C22H23N5O4. The molecule has 160 valence electrons. The highest BCUT2D eigenvalue weighted by molar-refractivity contribution is 5.98. The highest BCUT2D eigenvalue weighted by atomic mass is 16.5. The fourth-order valence-electron chi connectivity index (χ4n) is 3.82. The lowest BCUT2D eigenvalue weighted by Crippen LogP contribution is -2.30. The molecule has 1 aliphatic rings. The molecule has 1 unspecified atom stereocenters. The average Bonchev–Trinajstić information content (AvgIpc) is 3.37. The minimum atomic E-state index is -0.672. The lowest BCUT2D eigenvalue weighted by Gasteiger charge is -2.26. The van der Waals surface area contributed by atoms with Gasteiger partial charge in [-0.05, 0) is 6.07 Å². The summed E-state index contributed by atoms with van der Waals surface area (Å²) < 4.78 is 19.0. The Morgan fingerprint density at radius 2 is 2.26 bits per heavy atom. The number of ether oxygens (including phenoxy) is 3. The van der Waals surface area contributed by atoms with Crippen LogP contribution in [0, 0.1) is 11.3 Å². The van der Waals surface area contributed by atoms with Crippen molar-refractivity contribution >= 4 is 22.6 Å². The zero-order chi connectivity index (χ0) is 22.0. The number of amides is 1. The molecule has 4 rings (SSSR count). The van der Waals surface area contributed by atoms with Crippen molar-refractivity contribution in [2.24, 2.45) is 7.05 Å². The quantitative estimate of drug-likeness (QED) is 0.651. The predicted octanol–water partition coefficient (Wildman–Crippen LogP) is 2.76. The summed E-state index contributed by atoms with van der Waals surface area (Å²) in [4.78, 5) is 20.7. The fraction of sp³-hybridized carbons (Fsp3) is 0.364. The number of carbonyl (C=O) groups excluding carboxylic acids is 1. The summed E-state index contributed by atoms with van der Waals surface area (Å²) >= 11 is 0. The number of nitriles is 1. The van der Waals surface area contributed by atoms with E-state index in [9.17, 15) is 4.79 Å². The van der Waals surface area contributed by atoms with Crippen molar-refractivity contribution in [2.75, 3.05) is 32.2 Å². The third kappa shape index (κ3) is 3.95. The minimum Gasteiger partial charge on any atom is -0.479 e. The molecule has 0 aliphatic carbocycles. The normalized spacial score (nSPS) is 18.1. The first-order valence-corrected chi connectivity index (χ1v) is 9.84. The van der Waals surface area contributed by atoms with Crippen LogP contribution in [0.4, 0.5) is 5.82 Å². The number of fused-ring (bicyclic) bond motifs is 1. The Bertz CT molecular complexity index is 1170. The molecule has 0 aromatic carbocycles. The number of nitrogens with zero attached hydrogens (tertiary/aromatic N) is 4. The molecule has 1 fully saturated rings. The molecule has 1 N–H and O–H groups in total. The van der Waals surface area contributed by atoms with Gasteiger partial charge in [0.2, 0.25) is 5.91 Å². The van der Waals surface area contributed by atoms with Crippen LogP contribution < -0.4 is 10.1 Å². The smallest absolute Gasteiger partial charge is 0.222 e. The first-order chi connectivity index (χ1) is 15.0. The topological polar surface area (TPSA) is 111 Å². The largest absolute Gasteiger partial charge is 0.479 e. The Hall–Kier alpha value is -3.48. The number of pyridine rings is 2. The molecule has 0 bridgehead atoms. The minimum absolute atomic E-state index is 0.0779. The highest BCUT2D eigenvalue weighted by Gasteiger charge is 2.39. The van der Waals surface area contributed by atoms with Crippen LogP contribution in [-0.2, 0) is 26.9 Å². The first kappa shape index (κ1) is 20.8. The molecule has 1 saturated heterocycles. The molecule has 0 radical (unpaired) electrons. The Morgan fingerprint density at radius 3 is 2.94 bits per heavy atom. The van der Waals surface area contributed by atoms with Crippen LogP contribution in [0.2, 0.25) is 0 Å². The number of hydrogen-bond acceptors (Lipinski definition) is 7. The standard InChI is InChI=1S/C22H23N5O4/c1-14(28)25-21-10-16-17(12-27(2)19(16)11-24-21)18-8-15(31-7-5-23)9-20(26-18)22(29-3)4-6-30-13-22/h8-12H,4,6-7,13H2,1-3H3,(H,24,25,28). The van der Waals surface area contributed by atoms with Gasteiger partial charge in [-0.25, -0.2) is 9.97 Å². The molecule has 31 heavy (non-hydrogen) atoms. The lowest BCUT2D eigenvalue weighted by atomic mass is 9.96.